The number of halogens is 1. The van der Waals surface area contributed by atoms with Crippen LogP contribution in [-0.4, -0.2) is 9.97 Å². The molecule has 0 spiro atoms. The maximum absolute atomic E-state index is 4.29. The van der Waals surface area contributed by atoms with E-state index in [0.717, 1.165) is 10.9 Å². The number of pyridine rings is 2. The van der Waals surface area contributed by atoms with E-state index in [1.807, 2.05) is 18.5 Å². The zero-order chi connectivity index (χ0) is 8.55. The Hall–Kier alpha value is -0.710. The Balaban J connectivity index is 2.91. The molecule has 2 aromatic rings. The van der Waals surface area contributed by atoms with Gasteiger partial charge in [-0.3, -0.25) is 9.97 Å². The second kappa shape index (κ2) is 2.97. The zero-order valence-electron chi connectivity index (χ0n) is 6.58. The fraction of sp³-hybridized carbons (Fsp3) is 0.111. The second-order valence-electron chi connectivity index (χ2n) is 2.62. The van der Waals surface area contributed by atoms with Gasteiger partial charge in [-0.25, -0.2) is 0 Å². The molecule has 0 N–H and O–H groups in total. The van der Waals surface area contributed by atoms with Crippen molar-refractivity contribution in [3.63, 3.8) is 0 Å². The van der Waals surface area contributed by atoms with Gasteiger partial charge in [0.05, 0.1) is 5.52 Å². The Morgan fingerprint density at radius 1 is 1.33 bits per heavy atom. The van der Waals surface area contributed by atoms with Crippen LogP contribution >= 0.6 is 22.6 Å². The van der Waals surface area contributed by atoms with Crippen LogP contribution in [0.5, 0.6) is 0 Å². The maximum atomic E-state index is 4.29. The monoisotopic (exact) mass is 270 g/mol. The van der Waals surface area contributed by atoms with Gasteiger partial charge in [0.2, 0.25) is 0 Å². The molecule has 2 rings (SSSR count). The van der Waals surface area contributed by atoms with Crippen LogP contribution in [0.3, 0.4) is 0 Å². The van der Waals surface area contributed by atoms with Crippen LogP contribution in [0.2, 0.25) is 0 Å². The number of hydrogen-bond acceptors (Lipinski definition) is 2. The molecule has 0 radical (unpaired) electrons. The summed E-state index contributed by atoms with van der Waals surface area (Å²) in [6, 6.07) is 1.93. The van der Waals surface area contributed by atoms with Crippen molar-refractivity contribution in [1.29, 1.82) is 0 Å². The molecule has 0 unspecified atom stereocenters. The molecule has 12 heavy (non-hydrogen) atoms. The predicted octanol–water partition coefficient (Wildman–Crippen LogP) is 2.54. The van der Waals surface area contributed by atoms with Crippen molar-refractivity contribution in [1.82, 2.24) is 9.97 Å². The normalized spacial score (nSPS) is 10.5. The molecule has 0 aliphatic heterocycles. The molecule has 2 heterocycles. The summed E-state index contributed by atoms with van der Waals surface area (Å²) < 4.78 is 1.19. The highest BCUT2D eigenvalue weighted by Crippen LogP contribution is 2.19. The summed E-state index contributed by atoms with van der Waals surface area (Å²) in [5, 5.41) is 1.14. The molecule has 0 saturated heterocycles. The molecule has 0 atom stereocenters. The Morgan fingerprint density at radius 3 is 3.00 bits per heavy atom. The lowest BCUT2D eigenvalue weighted by molar-refractivity contribution is 1.28. The molecule has 0 aliphatic rings. The first-order valence-corrected chi connectivity index (χ1v) is 4.72. The van der Waals surface area contributed by atoms with E-state index in [-0.39, 0.29) is 0 Å². The molecule has 0 aliphatic carbocycles. The average molecular weight is 270 g/mol. The average Bonchev–Trinajstić information content (AvgIpc) is 2.12. The molecular formula is C9H7IN2. The second-order valence-corrected chi connectivity index (χ2v) is 3.79. The van der Waals surface area contributed by atoms with Gasteiger partial charge in [-0.1, -0.05) is 0 Å². The Labute approximate surface area is 84.2 Å². The zero-order valence-corrected chi connectivity index (χ0v) is 8.74. The van der Waals surface area contributed by atoms with E-state index in [9.17, 15) is 0 Å². The maximum Gasteiger partial charge on any atom is 0.0736 e. The number of aromatic nitrogens is 2. The summed E-state index contributed by atoms with van der Waals surface area (Å²) in [6.45, 7) is 2.09. The van der Waals surface area contributed by atoms with E-state index in [4.69, 9.17) is 0 Å². The van der Waals surface area contributed by atoms with Crippen LogP contribution in [0.25, 0.3) is 10.9 Å². The Kier molecular flexibility index (Phi) is 1.96. The van der Waals surface area contributed by atoms with E-state index in [2.05, 4.69) is 39.5 Å². The van der Waals surface area contributed by atoms with Crippen LogP contribution in [0.15, 0.2) is 24.7 Å². The third-order valence-electron chi connectivity index (χ3n) is 1.88. The lowest BCUT2D eigenvalue weighted by atomic mass is 10.2. The molecule has 0 aromatic carbocycles. The minimum atomic E-state index is 1.02. The molecule has 2 aromatic heterocycles. The molecule has 2 nitrogen and oxygen atoms in total. The standard InChI is InChI=1S/C9H7IN2/c1-6-7-4-11-3-2-9(7)12-5-8(6)10/h2-5H,1H3. The van der Waals surface area contributed by atoms with Crippen molar-refractivity contribution < 1.29 is 0 Å². The topological polar surface area (TPSA) is 25.8 Å². The van der Waals surface area contributed by atoms with E-state index < -0.39 is 0 Å². The van der Waals surface area contributed by atoms with Crippen LogP contribution < -0.4 is 0 Å². The van der Waals surface area contributed by atoms with E-state index in [1.54, 1.807) is 6.20 Å². The van der Waals surface area contributed by atoms with E-state index in [1.165, 1.54) is 9.13 Å². The molecule has 0 amide bonds. The van der Waals surface area contributed by atoms with Gasteiger partial charge in [-0.05, 0) is 41.1 Å². The summed E-state index contributed by atoms with van der Waals surface area (Å²) in [7, 11) is 0. The predicted molar refractivity (Wildman–Crippen MR) is 57.0 cm³/mol. The third-order valence-corrected chi connectivity index (χ3v) is 2.96. The Morgan fingerprint density at radius 2 is 2.17 bits per heavy atom. The molecule has 0 saturated carbocycles. The van der Waals surface area contributed by atoms with Crippen molar-refractivity contribution in [2.24, 2.45) is 0 Å². The smallest absolute Gasteiger partial charge is 0.0736 e. The number of rotatable bonds is 0. The first-order valence-electron chi connectivity index (χ1n) is 3.64. The van der Waals surface area contributed by atoms with Crippen molar-refractivity contribution in [3.8, 4) is 0 Å². The highest BCUT2D eigenvalue weighted by molar-refractivity contribution is 14.1. The van der Waals surface area contributed by atoms with Gasteiger partial charge in [-0.2, -0.15) is 0 Å². The van der Waals surface area contributed by atoms with Crippen molar-refractivity contribution in [2.45, 2.75) is 6.92 Å². The number of fused-ring (bicyclic) bond motifs is 1. The minimum absolute atomic E-state index is 1.02. The van der Waals surface area contributed by atoms with Gasteiger partial charge in [-0.15, -0.1) is 0 Å². The van der Waals surface area contributed by atoms with Crippen molar-refractivity contribution >= 4 is 33.5 Å². The third kappa shape index (κ3) is 1.18. The van der Waals surface area contributed by atoms with Gasteiger partial charge >= 0.3 is 0 Å². The first kappa shape index (κ1) is 7.91. The van der Waals surface area contributed by atoms with Gasteiger partial charge in [0.15, 0.2) is 0 Å². The van der Waals surface area contributed by atoms with Gasteiger partial charge in [0.1, 0.15) is 0 Å². The van der Waals surface area contributed by atoms with Crippen LogP contribution in [0, 0.1) is 10.5 Å². The van der Waals surface area contributed by atoms with Crippen molar-refractivity contribution in [2.75, 3.05) is 0 Å². The quantitative estimate of drug-likeness (QED) is 0.687. The van der Waals surface area contributed by atoms with Crippen molar-refractivity contribution in [3.05, 3.63) is 33.8 Å². The van der Waals surface area contributed by atoms with Gasteiger partial charge < -0.3 is 0 Å². The lowest BCUT2D eigenvalue weighted by Gasteiger charge is -2.01. The molecule has 60 valence electrons. The minimum Gasteiger partial charge on any atom is -0.264 e. The van der Waals surface area contributed by atoms with Gasteiger partial charge in [0.25, 0.3) is 0 Å². The van der Waals surface area contributed by atoms with E-state index in [0.29, 0.717) is 0 Å². The summed E-state index contributed by atoms with van der Waals surface area (Å²) in [4.78, 5) is 8.37. The highest BCUT2D eigenvalue weighted by atomic mass is 127. The summed E-state index contributed by atoms with van der Waals surface area (Å²) in [5.74, 6) is 0. The SMILES string of the molecule is Cc1c(I)cnc2ccncc12. The van der Waals surface area contributed by atoms with E-state index >= 15 is 0 Å². The summed E-state index contributed by atoms with van der Waals surface area (Å²) in [5.41, 5.74) is 2.27. The lowest BCUT2D eigenvalue weighted by Crippen LogP contribution is -1.87. The summed E-state index contributed by atoms with van der Waals surface area (Å²) in [6.07, 6.45) is 5.51. The largest absolute Gasteiger partial charge is 0.264 e. The number of aryl methyl sites for hydroxylation is 1. The molecule has 0 fully saturated rings. The van der Waals surface area contributed by atoms with Crippen LogP contribution in [-0.2, 0) is 0 Å². The van der Waals surface area contributed by atoms with Crippen LogP contribution in [0.1, 0.15) is 5.56 Å². The fourth-order valence-corrected chi connectivity index (χ4v) is 1.57. The highest BCUT2D eigenvalue weighted by Gasteiger charge is 2.00. The number of nitrogens with zero attached hydrogens (tertiary/aromatic N) is 2. The summed E-state index contributed by atoms with van der Waals surface area (Å²) >= 11 is 2.28. The Bertz CT molecular complexity index is 426. The first-order chi connectivity index (χ1) is 5.79. The fourth-order valence-electron chi connectivity index (χ4n) is 1.14. The molecule has 3 heteroatoms. The van der Waals surface area contributed by atoms with Gasteiger partial charge in [0, 0.05) is 27.5 Å². The van der Waals surface area contributed by atoms with Crippen LogP contribution in [0.4, 0.5) is 0 Å². The number of hydrogen-bond donors (Lipinski definition) is 0. The molecular weight excluding hydrogens is 263 g/mol. The molecule has 0 bridgehead atoms.